The van der Waals surface area contributed by atoms with Gasteiger partial charge in [-0.1, -0.05) is 68.1 Å². The average Bonchev–Trinajstić information content (AvgIpc) is 3.01. The zero-order chi connectivity index (χ0) is 30.1. The summed E-state index contributed by atoms with van der Waals surface area (Å²) in [4.78, 5) is 29.3. The predicted octanol–water partition coefficient (Wildman–Crippen LogP) is 5.80. The van der Waals surface area contributed by atoms with E-state index in [-0.39, 0.29) is 29.1 Å². The Balaban J connectivity index is 1.68. The van der Waals surface area contributed by atoms with Crippen LogP contribution in [0.25, 0.3) is 0 Å². The van der Waals surface area contributed by atoms with Gasteiger partial charge >= 0.3 is 0 Å². The van der Waals surface area contributed by atoms with Crippen LogP contribution < -0.4 is 14.4 Å². The molecule has 1 atom stereocenters. The largest absolute Gasteiger partial charge is 0.497 e. The fraction of sp³-hybridized carbons (Fsp3) is 0.375. The van der Waals surface area contributed by atoms with Gasteiger partial charge in [0.05, 0.1) is 17.7 Å². The number of halogens is 1. The van der Waals surface area contributed by atoms with Crippen molar-refractivity contribution < 1.29 is 22.7 Å². The van der Waals surface area contributed by atoms with Crippen molar-refractivity contribution in [2.75, 3.05) is 18.0 Å². The predicted molar refractivity (Wildman–Crippen MR) is 165 cm³/mol. The van der Waals surface area contributed by atoms with Crippen LogP contribution in [-0.2, 0) is 26.2 Å². The molecular formula is C32H38ClN3O5S. The number of ether oxygens (including phenoxy) is 1. The van der Waals surface area contributed by atoms with Crippen LogP contribution in [0.5, 0.6) is 5.75 Å². The fourth-order valence-electron chi connectivity index (χ4n) is 5.25. The zero-order valence-electron chi connectivity index (χ0n) is 24.0. The molecule has 8 nitrogen and oxygen atoms in total. The van der Waals surface area contributed by atoms with Crippen molar-refractivity contribution in [2.24, 2.45) is 0 Å². The van der Waals surface area contributed by atoms with Crippen LogP contribution in [0.15, 0.2) is 83.8 Å². The molecule has 42 heavy (non-hydrogen) atoms. The highest BCUT2D eigenvalue weighted by Gasteiger charge is 2.34. The highest BCUT2D eigenvalue weighted by Crippen LogP contribution is 2.27. The van der Waals surface area contributed by atoms with Crippen molar-refractivity contribution >= 4 is 39.1 Å². The van der Waals surface area contributed by atoms with Gasteiger partial charge < -0.3 is 15.0 Å². The van der Waals surface area contributed by atoms with Crippen LogP contribution in [-0.4, -0.2) is 50.9 Å². The Bertz CT molecular complexity index is 1430. The van der Waals surface area contributed by atoms with Gasteiger partial charge in [0, 0.05) is 17.6 Å². The van der Waals surface area contributed by atoms with E-state index in [1.807, 2.05) is 37.3 Å². The van der Waals surface area contributed by atoms with Gasteiger partial charge in [-0.15, -0.1) is 0 Å². The molecule has 1 aliphatic rings. The van der Waals surface area contributed by atoms with Crippen LogP contribution in [0.4, 0.5) is 5.69 Å². The van der Waals surface area contributed by atoms with E-state index in [2.05, 4.69) is 5.32 Å². The highest BCUT2D eigenvalue weighted by molar-refractivity contribution is 7.92. The number of benzene rings is 3. The molecular weight excluding hydrogens is 574 g/mol. The van der Waals surface area contributed by atoms with Gasteiger partial charge in [0.2, 0.25) is 11.8 Å². The van der Waals surface area contributed by atoms with Crippen LogP contribution in [0.2, 0.25) is 5.02 Å². The summed E-state index contributed by atoms with van der Waals surface area (Å²) in [6.07, 6.45) is 5.49. The summed E-state index contributed by atoms with van der Waals surface area (Å²) >= 11 is 6.10. The normalized spacial score (nSPS) is 14.5. The van der Waals surface area contributed by atoms with Gasteiger partial charge in [0.1, 0.15) is 18.3 Å². The molecule has 0 aliphatic heterocycles. The van der Waals surface area contributed by atoms with Crippen molar-refractivity contribution in [1.29, 1.82) is 0 Å². The Labute approximate surface area is 253 Å². The lowest BCUT2D eigenvalue weighted by atomic mass is 9.95. The van der Waals surface area contributed by atoms with Crippen molar-refractivity contribution in [3.05, 3.63) is 89.4 Å². The van der Waals surface area contributed by atoms with E-state index in [4.69, 9.17) is 16.3 Å². The Morgan fingerprint density at radius 3 is 2.19 bits per heavy atom. The number of methoxy groups -OCH3 is 1. The molecule has 2 amide bonds. The number of carbonyl (C=O) groups excluding carboxylic acids is 2. The fourth-order valence-corrected chi connectivity index (χ4v) is 6.80. The molecule has 0 heterocycles. The van der Waals surface area contributed by atoms with Crippen molar-refractivity contribution in [2.45, 2.75) is 69.0 Å². The third-order valence-corrected chi connectivity index (χ3v) is 9.61. The van der Waals surface area contributed by atoms with E-state index >= 15 is 0 Å². The first-order valence-electron chi connectivity index (χ1n) is 14.3. The van der Waals surface area contributed by atoms with E-state index in [1.165, 1.54) is 24.1 Å². The molecule has 0 unspecified atom stereocenters. The lowest BCUT2D eigenvalue weighted by molar-refractivity contribution is -0.140. The second-order valence-corrected chi connectivity index (χ2v) is 12.7. The number of amides is 2. The number of rotatable bonds is 12. The zero-order valence-corrected chi connectivity index (χ0v) is 25.6. The molecule has 1 N–H and O–H groups in total. The maximum atomic E-state index is 14.2. The average molecular weight is 612 g/mol. The summed E-state index contributed by atoms with van der Waals surface area (Å²) in [5.41, 5.74) is 1.12. The third-order valence-electron chi connectivity index (χ3n) is 7.57. The van der Waals surface area contributed by atoms with Crippen LogP contribution in [0.3, 0.4) is 0 Å². The molecule has 3 aromatic rings. The molecule has 224 valence electrons. The molecule has 3 aromatic carbocycles. The quantitative estimate of drug-likeness (QED) is 0.279. The van der Waals surface area contributed by atoms with Crippen LogP contribution in [0.1, 0.15) is 51.0 Å². The number of hydrogen-bond donors (Lipinski definition) is 1. The van der Waals surface area contributed by atoms with Gasteiger partial charge in [-0.25, -0.2) is 8.42 Å². The van der Waals surface area contributed by atoms with Crippen molar-refractivity contribution in [3.63, 3.8) is 0 Å². The molecule has 1 saturated carbocycles. The lowest BCUT2D eigenvalue weighted by Crippen LogP contribution is -2.54. The summed E-state index contributed by atoms with van der Waals surface area (Å²) in [6.45, 7) is 1.52. The molecule has 0 aromatic heterocycles. The monoisotopic (exact) mass is 611 g/mol. The summed E-state index contributed by atoms with van der Waals surface area (Å²) < 4.78 is 34.2. The summed E-state index contributed by atoms with van der Waals surface area (Å²) in [6, 6.07) is 21.0. The van der Waals surface area contributed by atoms with E-state index in [1.54, 1.807) is 36.4 Å². The highest BCUT2D eigenvalue weighted by atomic mass is 35.5. The number of nitrogens with zero attached hydrogens (tertiary/aromatic N) is 2. The van der Waals surface area contributed by atoms with Gasteiger partial charge in [-0.3, -0.25) is 13.9 Å². The topological polar surface area (TPSA) is 96.0 Å². The molecule has 1 fully saturated rings. The Hall–Kier alpha value is -3.56. The van der Waals surface area contributed by atoms with Crippen molar-refractivity contribution in [3.8, 4) is 5.75 Å². The Morgan fingerprint density at radius 1 is 0.952 bits per heavy atom. The van der Waals surface area contributed by atoms with E-state index < -0.39 is 28.5 Å². The molecule has 10 heteroatoms. The Morgan fingerprint density at radius 2 is 1.60 bits per heavy atom. The SMILES string of the molecule is CC[C@@H](C(=O)NC1CCCCC1)N(Cc1ccccc1)C(=O)CN(c1ccc(Cl)cc1)S(=O)(=O)c1ccc(OC)cc1. The molecule has 1 aliphatic carbocycles. The third kappa shape index (κ3) is 7.83. The lowest BCUT2D eigenvalue weighted by Gasteiger charge is -2.34. The van der Waals surface area contributed by atoms with Gasteiger partial charge in [-0.05, 0) is 73.4 Å². The van der Waals surface area contributed by atoms with Gasteiger partial charge in [-0.2, -0.15) is 0 Å². The number of nitrogens with one attached hydrogen (secondary N) is 1. The van der Waals surface area contributed by atoms with E-state index in [0.29, 0.717) is 17.2 Å². The second kappa shape index (κ2) is 14.6. The smallest absolute Gasteiger partial charge is 0.264 e. The first kappa shape index (κ1) is 31.4. The minimum absolute atomic E-state index is 0.00254. The summed E-state index contributed by atoms with van der Waals surface area (Å²) in [7, 11) is -2.68. The standard InChI is InChI=1S/C32H38ClN3O5S/c1-3-30(32(38)34-26-12-8-5-9-13-26)35(22-24-10-6-4-7-11-24)31(37)23-36(27-16-14-25(33)15-17-27)42(39,40)29-20-18-28(41-2)19-21-29/h4,6-7,10-11,14-21,26,30H,3,5,8-9,12-13,22-23H2,1-2H3,(H,34,38)/t30-/m0/s1. The Kier molecular flexibility index (Phi) is 10.9. The van der Waals surface area contributed by atoms with Gasteiger partial charge in [0.15, 0.2) is 0 Å². The first-order valence-corrected chi connectivity index (χ1v) is 16.1. The number of sulfonamides is 1. The summed E-state index contributed by atoms with van der Waals surface area (Å²) in [5, 5.41) is 3.59. The second-order valence-electron chi connectivity index (χ2n) is 10.4. The number of anilines is 1. The van der Waals surface area contributed by atoms with Crippen LogP contribution in [0, 0.1) is 0 Å². The molecule has 0 spiro atoms. The number of carbonyl (C=O) groups is 2. The summed E-state index contributed by atoms with van der Waals surface area (Å²) in [5.74, 6) is -0.201. The van der Waals surface area contributed by atoms with Crippen LogP contribution >= 0.6 is 11.6 Å². The van der Waals surface area contributed by atoms with Gasteiger partial charge in [0.25, 0.3) is 10.0 Å². The minimum Gasteiger partial charge on any atom is -0.497 e. The first-order chi connectivity index (χ1) is 20.2. The molecule has 0 radical (unpaired) electrons. The molecule has 4 rings (SSSR count). The molecule has 0 saturated heterocycles. The maximum absolute atomic E-state index is 14.2. The molecule has 0 bridgehead atoms. The number of hydrogen-bond acceptors (Lipinski definition) is 5. The van der Waals surface area contributed by atoms with E-state index in [9.17, 15) is 18.0 Å². The minimum atomic E-state index is -4.18. The maximum Gasteiger partial charge on any atom is 0.264 e. The van der Waals surface area contributed by atoms with E-state index in [0.717, 1.165) is 42.0 Å². The van der Waals surface area contributed by atoms with Crippen molar-refractivity contribution in [1.82, 2.24) is 10.2 Å².